The van der Waals surface area contributed by atoms with Gasteiger partial charge in [0.1, 0.15) is 0 Å². The molecule has 2 N–H and O–H groups in total. The Hall–Kier alpha value is -1.23. The molecule has 0 saturated heterocycles. The SMILES string of the molecule is CCNC(=NCCC1=CCOCC1)NC(C)c1ccc(Cl)c(Cl)c1. The van der Waals surface area contributed by atoms with E-state index >= 15 is 0 Å². The molecule has 1 aromatic carbocycles. The fourth-order valence-electron chi connectivity index (χ4n) is 2.49. The molecule has 6 heteroatoms. The van der Waals surface area contributed by atoms with Crippen molar-refractivity contribution in [1.29, 1.82) is 0 Å². The first kappa shape index (κ1) is 19.1. The summed E-state index contributed by atoms with van der Waals surface area (Å²) in [4.78, 5) is 4.67. The molecule has 0 saturated carbocycles. The van der Waals surface area contributed by atoms with Gasteiger partial charge in [-0.1, -0.05) is 40.9 Å². The number of ether oxygens (including phenoxy) is 1. The van der Waals surface area contributed by atoms with Gasteiger partial charge in [-0.2, -0.15) is 0 Å². The van der Waals surface area contributed by atoms with Gasteiger partial charge in [0.25, 0.3) is 0 Å². The van der Waals surface area contributed by atoms with E-state index in [9.17, 15) is 0 Å². The number of guanidine groups is 1. The van der Waals surface area contributed by atoms with Gasteiger partial charge in [-0.25, -0.2) is 0 Å². The maximum absolute atomic E-state index is 6.10. The van der Waals surface area contributed by atoms with E-state index in [2.05, 4.69) is 35.5 Å². The highest BCUT2D eigenvalue weighted by molar-refractivity contribution is 6.42. The van der Waals surface area contributed by atoms with Crippen molar-refractivity contribution in [3.05, 3.63) is 45.5 Å². The Morgan fingerprint density at radius 3 is 2.83 bits per heavy atom. The average Bonchev–Trinajstić information content (AvgIpc) is 2.58. The molecule has 0 fully saturated rings. The monoisotopic (exact) mass is 369 g/mol. The van der Waals surface area contributed by atoms with E-state index in [-0.39, 0.29) is 6.04 Å². The maximum Gasteiger partial charge on any atom is 0.191 e. The van der Waals surface area contributed by atoms with Crippen LogP contribution in [-0.2, 0) is 4.74 Å². The summed E-state index contributed by atoms with van der Waals surface area (Å²) >= 11 is 12.1. The molecule has 1 unspecified atom stereocenters. The van der Waals surface area contributed by atoms with E-state index in [0.717, 1.165) is 50.7 Å². The largest absolute Gasteiger partial charge is 0.377 e. The predicted octanol–water partition coefficient (Wildman–Crippen LogP) is 4.35. The first-order valence-corrected chi connectivity index (χ1v) is 9.11. The lowest BCUT2D eigenvalue weighted by molar-refractivity contribution is 0.153. The van der Waals surface area contributed by atoms with Gasteiger partial charge >= 0.3 is 0 Å². The molecule has 0 spiro atoms. The summed E-state index contributed by atoms with van der Waals surface area (Å²) in [5.74, 6) is 0.809. The predicted molar refractivity (Wildman–Crippen MR) is 102 cm³/mol. The summed E-state index contributed by atoms with van der Waals surface area (Å²) in [5.41, 5.74) is 2.50. The molecule has 2 rings (SSSR count). The van der Waals surface area contributed by atoms with Gasteiger partial charge < -0.3 is 15.4 Å². The second-order valence-electron chi connectivity index (χ2n) is 5.74. The summed E-state index contributed by atoms with van der Waals surface area (Å²) in [5, 5.41) is 7.83. The molecule has 0 radical (unpaired) electrons. The van der Waals surface area contributed by atoms with Gasteiger partial charge in [0.15, 0.2) is 5.96 Å². The lowest BCUT2D eigenvalue weighted by Crippen LogP contribution is -2.38. The Morgan fingerprint density at radius 1 is 1.33 bits per heavy atom. The normalized spacial score (nSPS) is 16.5. The Morgan fingerprint density at radius 2 is 2.17 bits per heavy atom. The minimum Gasteiger partial charge on any atom is -0.377 e. The topological polar surface area (TPSA) is 45.7 Å². The van der Waals surface area contributed by atoms with Gasteiger partial charge in [-0.05, 0) is 44.4 Å². The van der Waals surface area contributed by atoms with E-state index in [1.807, 2.05) is 18.2 Å². The highest BCUT2D eigenvalue weighted by Crippen LogP contribution is 2.25. The van der Waals surface area contributed by atoms with Crippen molar-refractivity contribution < 1.29 is 4.74 Å². The Kier molecular flexibility index (Phi) is 7.89. The van der Waals surface area contributed by atoms with Crippen molar-refractivity contribution in [3.8, 4) is 0 Å². The quantitative estimate of drug-likeness (QED) is 0.445. The third kappa shape index (κ3) is 6.00. The fraction of sp³-hybridized carbons (Fsp3) is 0.500. The van der Waals surface area contributed by atoms with Gasteiger partial charge in [-0.3, -0.25) is 4.99 Å². The van der Waals surface area contributed by atoms with Crippen LogP contribution < -0.4 is 10.6 Å². The Balaban J connectivity index is 1.94. The Labute approximate surface area is 154 Å². The molecule has 1 aromatic rings. The number of halogens is 2. The number of hydrogen-bond acceptors (Lipinski definition) is 2. The van der Waals surface area contributed by atoms with Crippen LogP contribution in [-0.4, -0.2) is 32.3 Å². The fourth-order valence-corrected chi connectivity index (χ4v) is 2.80. The molecule has 0 aromatic heterocycles. The summed E-state index contributed by atoms with van der Waals surface area (Å²) in [6.45, 7) is 7.26. The number of nitrogens with zero attached hydrogens (tertiary/aromatic N) is 1. The molecule has 24 heavy (non-hydrogen) atoms. The first-order chi connectivity index (χ1) is 11.6. The Bertz CT molecular complexity index is 602. The van der Waals surface area contributed by atoms with Crippen LogP contribution in [0.2, 0.25) is 10.0 Å². The van der Waals surface area contributed by atoms with E-state index in [1.54, 1.807) is 0 Å². The molecule has 132 valence electrons. The lowest BCUT2D eigenvalue weighted by atomic mass is 10.1. The highest BCUT2D eigenvalue weighted by atomic mass is 35.5. The molecule has 0 amide bonds. The standard InChI is InChI=1S/C18H25Cl2N3O/c1-3-21-18(22-9-6-14-7-10-24-11-8-14)23-13(2)15-4-5-16(19)17(20)12-15/h4-5,7,12-13H,3,6,8-11H2,1-2H3,(H2,21,22,23). The molecule has 1 aliphatic rings. The minimum atomic E-state index is 0.0832. The van der Waals surface area contributed by atoms with Crippen LogP contribution in [0.25, 0.3) is 0 Å². The van der Waals surface area contributed by atoms with Crippen molar-refractivity contribution in [2.75, 3.05) is 26.3 Å². The molecule has 4 nitrogen and oxygen atoms in total. The van der Waals surface area contributed by atoms with Crippen molar-refractivity contribution in [2.45, 2.75) is 32.7 Å². The van der Waals surface area contributed by atoms with Crippen LogP contribution in [0.4, 0.5) is 0 Å². The van der Waals surface area contributed by atoms with Gasteiger partial charge in [-0.15, -0.1) is 0 Å². The minimum absolute atomic E-state index is 0.0832. The van der Waals surface area contributed by atoms with Crippen LogP contribution in [0.5, 0.6) is 0 Å². The van der Waals surface area contributed by atoms with Crippen LogP contribution in [0.15, 0.2) is 34.8 Å². The smallest absolute Gasteiger partial charge is 0.191 e. The number of rotatable bonds is 6. The van der Waals surface area contributed by atoms with Gasteiger partial charge in [0, 0.05) is 13.1 Å². The van der Waals surface area contributed by atoms with E-state index in [0.29, 0.717) is 10.0 Å². The second kappa shape index (κ2) is 9.92. The molecule has 1 atom stereocenters. The van der Waals surface area contributed by atoms with Crippen molar-refractivity contribution >= 4 is 29.2 Å². The van der Waals surface area contributed by atoms with Crippen molar-refractivity contribution in [3.63, 3.8) is 0 Å². The number of benzene rings is 1. The summed E-state index contributed by atoms with van der Waals surface area (Å²) in [6, 6.07) is 5.76. The van der Waals surface area contributed by atoms with Gasteiger partial charge in [0.05, 0.1) is 29.3 Å². The van der Waals surface area contributed by atoms with E-state index in [1.165, 1.54) is 5.57 Å². The number of nitrogens with one attached hydrogen (secondary N) is 2. The third-order valence-corrected chi connectivity index (χ3v) is 4.64. The molecule has 0 aliphatic carbocycles. The average molecular weight is 370 g/mol. The van der Waals surface area contributed by atoms with Crippen LogP contribution in [0.1, 0.15) is 38.3 Å². The van der Waals surface area contributed by atoms with Crippen molar-refractivity contribution in [2.24, 2.45) is 4.99 Å². The van der Waals surface area contributed by atoms with Crippen LogP contribution in [0.3, 0.4) is 0 Å². The number of aliphatic imine (C=N–C) groups is 1. The van der Waals surface area contributed by atoms with Gasteiger partial charge in [0.2, 0.25) is 0 Å². The molecule has 1 heterocycles. The lowest BCUT2D eigenvalue weighted by Gasteiger charge is -2.19. The second-order valence-corrected chi connectivity index (χ2v) is 6.55. The van der Waals surface area contributed by atoms with Crippen LogP contribution in [0, 0.1) is 0 Å². The highest BCUT2D eigenvalue weighted by Gasteiger charge is 2.10. The van der Waals surface area contributed by atoms with Crippen molar-refractivity contribution in [1.82, 2.24) is 10.6 Å². The van der Waals surface area contributed by atoms with Crippen LogP contribution >= 0.6 is 23.2 Å². The zero-order valence-electron chi connectivity index (χ0n) is 14.2. The molecular formula is C18H25Cl2N3O. The zero-order valence-corrected chi connectivity index (χ0v) is 15.8. The first-order valence-electron chi connectivity index (χ1n) is 8.35. The third-order valence-electron chi connectivity index (χ3n) is 3.90. The molecular weight excluding hydrogens is 345 g/mol. The zero-order chi connectivity index (χ0) is 17.4. The molecule has 0 bridgehead atoms. The summed E-state index contributed by atoms with van der Waals surface area (Å²) in [7, 11) is 0. The maximum atomic E-state index is 6.10. The number of hydrogen-bond donors (Lipinski definition) is 2. The van der Waals surface area contributed by atoms with E-state index < -0.39 is 0 Å². The molecule has 1 aliphatic heterocycles. The summed E-state index contributed by atoms with van der Waals surface area (Å²) < 4.78 is 5.33. The van der Waals surface area contributed by atoms with E-state index in [4.69, 9.17) is 27.9 Å². The summed E-state index contributed by atoms with van der Waals surface area (Å²) in [6.07, 6.45) is 4.15.